The zero-order valence-corrected chi connectivity index (χ0v) is 20.5. The monoisotopic (exact) mass is 495 g/mol. The van der Waals surface area contributed by atoms with Gasteiger partial charge in [0.15, 0.2) is 16.9 Å². The highest BCUT2D eigenvalue weighted by molar-refractivity contribution is 5.70. The minimum Gasteiger partial charge on any atom is -0.493 e. The van der Waals surface area contributed by atoms with E-state index < -0.39 is 23.3 Å². The Morgan fingerprint density at radius 1 is 1.08 bits per heavy atom. The molecule has 0 spiro atoms. The molecule has 1 aliphatic heterocycles. The molecule has 2 aromatic carbocycles. The van der Waals surface area contributed by atoms with Crippen LogP contribution in [0.5, 0.6) is 11.5 Å². The first-order valence-electron chi connectivity index (χ1n) is 11.6. The zero-order valence-electron chi connectivity index (χ0n) is 20.5. The first-order valence-corrected chi connectivity index (χ1v) is 11.6. The van der Waals surface area contributed by atoms with Crippen LogP contribution in [0.3, 0.4) is 0 Å². The van der Waals surface area contributed by atoms with Crippen molar-refractivity contribution in [3.8, 4) is 29.7 Å². The van der Waals surface area contributed by atoms with Crippen LogP contribution in [0.2, 0.25) is 0 Å². The quantitative estimate of drug-likeness (QED) is 0.660. The minimum atomic E-state index is -1.89. The number of carbonyl (C=O) groups is 1. The standard InChI is InChI=1S/C28H25N5O4/c1-35-23-10-6-9-20(25(23)36-2)24-22-14-33(27(34)37-15-18-7-4-3-5-8-18)12-11-19(22)21(13-29)26(32)28(24,16-30)17-31/h3-11,22,24H,12,14-15,32H2,1-2H3/t22-,24-/m0/s1. The Morgan fingerprint density at radius 3 is 2.43 bits per heavy atom. The lowest BCUT2D eigenvalue weighted by Gasteiger charge is -2.45. The number of para-hydroxylation sites is 1. The van der Waals surface area contributed by atoms with Gasteiger partial charge in [0, 0.05) is 30.5 Å². The number of ether oxygens (including phenoxy) is 3. The maximum absolute atomic E-state index is 13.0. The number of hydrogen-bond donors (Lipinski definition) is 1. The van der Waals surface area contributed by atoms with E-state index in [1.54, 1.807) is 24.3 Å². The van der Waals surface area contributed by atoms with Crippen LogP contribution in [0.4, 0.5) is 4.79 Å². The second kappa shape index (κ2) is 10.4. The van der Waals surface area contributed by atoms with Gasteiger partial charge in [0.1, 0.15) is 12.7 Å². The van der Waals surface area contributed by atoms with Crippen molar-refractivity contribution >= 4 is 6.09 Å². The molecule has 0 unspecified atom stereocenters. The molecule has 37 heavy (non-hydrogen) atoms. The SMILES string of the molecule is COc1cccc([C@H]2[C@H]3CN(C(=O)OCc4ccccc4)CC=C3C(C#N)=C(N)C2(C#N)C#N)c1OC. The molecule has 0 radical (unpaired) electrons. The van der Waals surface area contributed by atoms with Gasteiger partial charge in [-0.1, -0.05) is 48.5 Å². The third kappa shape index (κ3) is 4.20. The van der Waals surface area contributed by atoms with E-state index in [9.17, 15) is 20.6 Å². The Hall–Kier alpha value is -4.94. The van der Waals surface area contributed by atoms with Crippen molar-refractivity contribution in [3.63, 3.8) is 0 Å². The fourth-order valence-corrected chi connectivity index (χ4v) is 5.14. The van der Waals surface area contributed by atoms with E-state index in [4.69, 9.17) is 19.9 Å². The average Bonchev–Trinajstić information content (AvgIpc) is 2.95. The Balaban J connectivity index is 1.80. The summed E-state index contributed by atoms with van der Waals surface area (Å²) in [4.78, 5) is 14.5. The Labute approximate surface area is 215 Å². The number of hydrogen-bond acceptors (Lipinski definition) is 8. The molecule has 1 amide bonds. The average molecular weight is 496 g/mol. The third-order valence-corrected chi connectivity index (χ3v) is 6.90. The van der Waals surface area contributed by atoms with Crippen LogP contribution in [0.25, 0.3) is 0 Å². The second-order valence-electron chi connectivity index (χ2n) is 8.70. The first kappa shape index (κ1) is 25.2. The maximum Gasteiger partial charge on any atom is 0.410 e. The summed E-state index contributed by atoms with van der Waals surface area (Å²) in [6, 6.07) is 20.7. The molecule has 0 bridgehead atoms. The lowest BCUT2D eigenvalue weighted by molar-refractivity contribution is 0.0897. The third-order valence-electron chi connectivity index (χ3n) is 6.90. The van der Waals surface area contributed by atoms with Gasteiger partial charge in [-0.25, -0.2) is 4.79 Å². The smallest absolute Gasteiger partial charge is 0.410 e. The summed E-state index contributed by atoms with van der Waals surface area (Å²) in [6.45, 7) is 0.390. The van der Waals surface area contributed by atoms with Gasteiger partial charge in [-0.3, -0.25) is 0 Å². The zero-order chi connectivity index (χ0) is 26.6. The van der Waals surface area contributed by atoms with Crippen molar-refractivity contribution in [2.24, 2.45) is 17.1 Å². The lowest BCUT2D eigenvalue weighted by atomic mass is 9.58. The molecule has 2 N–H and O–H groups in total. The molecule has 1 aliphatic carbocycles. The fourth-order valence-electron chi connectivity index (χ4n) is 5.14. The largest absolute Gasteiger partial charge is 0.493 e. The lowest BCUT2D eigenvalue weighted by Crippen LogP contribution is -2.49. The minimum absolute atomic E-state index is 0.0866. The van der Waals surface area contributed by atoms with E-state index in [0.29, 0.717) is 22.6 Å². The van der Waals surface area contributed by atoms with E-state index in [2.05, 4.69) is 18.2 Å². The van der Waals surface area contributed by atoms with Gasteiger partial charge in [0.2, 0.25) is 0 Å². The predicted molar refractivity (Wildman–Crippen MR) is 133 cm³/mol. The molecule has 2 aromatic rings. The number of benzene rings is 2. The van der Waals surface area contributed by atoms with Crippen molar-refractivity contribution in [2.75, 3.05) is 27.3 Å². The van der Waals surface area contributed by atoms with Gasteiger partial charge in [-0.15, -0.1) is 0 Å². The predicted octanol–water partition coefficient (Wildman–Crippen LogP) is 3.77. The number of carbonyl (C=O) groups excluding carboxylic acids is 1. The second-order valence-corrected chi connectivity index (χ2v) is 8.70. The van der Waals surface area contributed by atoms with Crippen LogP contribution < -0.4 is 15.2 Å². The van der Waals surface area contributed by atoms with Gasteiger partial charge in [0.25, 0.3) is 0 Å². The molecule has 2 aliphatic rings. The van der Waals surface area contributed by atoms with E-state index in [1.165, 1.54) is 19.1 Å². The normalized spacial score (nSPS) is 19.9. The Bertz CT molecular complexity index is 1380. The van der Waals surface area contributed by atoms with Gasteiger partial charge in [-0.05, 0) is 17.2 Å². The number of methoxy groups -OCH3 is 2. The summed E-state index contributed by atoms with van der Waals surface area (Å²) in [5.74, 6) is -0.707. The van der Waals surface area contributed by atoms with Gasteiger partial charge >= 0.3 is 6.09 Å². The highest BCUT2D eigenvalue weighted by Crippen LogP contribution is 2.56. The summed E-state index contributed by atoms with van der Waals surface area (Å²) in [6.07, 6.45) is 1.19. The molecule has 4 rings (SSSR count). The van der Waals surface area contributed by atoms with Gasteiger partial charge < -0.3 is 24.8 Å². The number of fused-ring (bicyclic) bond motifs is 1. The van der Waals surface area contributed by atoms with Crippen molar-refractivity contribution in [1.29, 1.82) is 15.8 Å². The summed E-state index contributed by atoms with van der Waals surface area (Å²) in [5, 5.41) is 30.6. The van der Waals surface area contributed by atoms with Crippen LogP contribution in [0.15, 0.2) is 71.5 Å². The van der Waals surface area contributed by atoms with E-state index >= 15 is 0 Å². The number of nitriles is 3. The van der Waals surface area contributed by atoms with Crippen LogP contribution in [-0.4, -0.2) is 38.3 Å². The Morgan fingerprint density at radius 2 is 1.81 bits per heavy atom. The van der Waals surface area contributed by atoms with E-state index in [-0.39, 0.29) is 31.0 Å². The molecule has 2 atom stereocenters. The molecule has 0 saturated carbocycles. The highest BCUT2D eigenvalue weighted by atomic mass is 16.6. The molecule has 9 heteroatoms. The summed E-state index contributed by atoms with van der Waals surface area (Å²) in [5.41, 5.74) is 6.42. The van der Waals surface area contributed by atoms with Crippen LogP contribution in [-0.2, 0) is 11.3 Å². The molecule has 0 aromatic heterocycles. The fraction of sp³-hybridized carbons (Fsp3) is 0.286. The van der Waals surface area contributed by atoms with Crippen molar-refractivity contribution < 1.29 is 19.0 Å². The number of allylic oxidation sites excluding steroid dienone is 2. The highest BCUT2D eigenvalue weighted by Gasteiger charge is 2.55. The number of nitrogens with two attached hydrogens (primary N) is 1. The van der Waals surface area contributed by atoms with E-state index in [1.807, 2.05) is 30.3 Å². The summed E-state index contributed by atoms with van der Waals surface area (Å²) in [7, 11) is 2.96. The van der Waals surface area contributed by atoms with E-state index in [0.717, 1.165) is 5.56 Å². The summed E-state index contributed by atoms with van der Waals surface area (Å²) < 4.78 is 16.6. The van der Waals surface area contributed by atoms with Crippen molar-refractivity contribution in [1.82, 2.24) is 4.90 Å². The van der Waals surface area contributed by atoms with Gasteiger partial charge in [0.05, 0.1) is 37.6 Å². The van der Waals surface area contributed by atoms with Crippen LogP contribution in [0, 0.1) is 45.3 Å². The topological polar surface area (TPSA) is 145 Å². The molecule has 186 valence electrons. The molecule has 1 heterocycles. The molecule has 0 saturated heterocycles. The number of rotatable bonds is 5. The molecule has 0 fully saturated rings. The number of nitrogens with zero attached hydrogens (tertiary/aromatic N) is 4. The molecule has 9 nitrogen and oxygen atoms in total. The first-order chi connectivity index (χ1) is 17.9. The van der Waals surface area contributed by atoms with Crippen LogP contribution >= 0.6 is 0 Å². The molecular formula is C28H25N5O4. The summed E-state index contributed by atoms with van der Waals surface area (Å²) >= 11 is 0. The van der Waals surface area contributed by atoms with Gasteiger partial charge in [-0.2, -0.15) is 15.8 Å². The Kier molecular flexibility index (Phi) is 7.04. The van der Waals surface area contributed by atoms with Crippen molar-refractivity contribution in [3.05, 3.63) is 82.6 Å². The van der Waals surface area contributed by atoms with Crippen LogP contribution in [0.1, 0.15) is 17.0 Å². The molecular weight excluding hydrogens is 470 g/mol. The van der Waals surface area contributed by atoms with Crippen molar-refractivity contribution in [2.45, 2.75) is 12.5 Å². The maximum atomic E-state index is 13.0. The number of amides is 1.